The Hall–Kier alpha value is -12.4. The fourth-order valence-electron chi connectivity index (χ4n) is 13.3. The molecule has 142 heavy (non-hydrogen) atoms. The van der Waals surface area contributed by atoms with E-state index in [1.165, 1.54) is 85.8 Å². The fraction of sp³-hybridized carbons (Fsp3) is 0.104. The fourth-order valence-corrected chi connectivity index (χ4v) is 17.4. The first-order chi connectivity index (χ1) is 66.7. The summed E-state index contributed by atoms with van der Waals surface area (Å²) < 4.78 is 36.6. The second-order valence-corrected chi connectivity index (χ2v) is 36.2. The molecule has 4 radical (unpaired) electrons. The Bertz CT molecular complexity index is 6360. The van der Waals surface area contributed by atoms with Gasteiger partial charge in [-0.2, -0.15) is 25.3 Å². The summed E-state index contributed by atoms with van der Waals surface area (Å²) in [7, 11) is -1.09. The van der Waals surface area contributed by atoms with E-state index in [2.05, 4.69) is 241 Å². The molecular formula is C115H102F3Ir3N12O4OsP2PtS-2. The van der Waals surface area contributed by atoms with Gasteiger partial charge in [0.05, 0.1) is 113 Å². The summed E-state index contributed by atoms with van der Waals surface area (Å²) in [6, 6.07) is 137. The van der Waals surface area contributed by atoms with E-state index in [1.54, 1.807) is 55.2 Å². The largest absolute Gasteiger partial charge is 1.00 e. The first-order valence-corrected chi connectivity index (χ1v) is 48.9. The molecule has 0 fully saturated rings. The number of pyridine rings is 5. The van der Waals surface area contributed by atoms with Gasteiger partial charge in [0.2, 0.25) is 0 Å². The van der Waals surface area contributed by atoms with Gasteiger partial charge < -0.3 is 30.3 Å². The third kappa shape index (κ3) is 40.2. The average Bonchev–Trinajstić information content (AvgIpc) is 0.852. The number of aliphatic hydroxyl groups is 2. The van der Waals surface area contributed by atoms with Crippen LogP contribution in [0.15, 0.2) is 430 Å². The molecule has 16 nitrogen and oxygen atoms in total. The molecule has 0 unspecified atom stereocenters. The van der Waals surface area contributed by atoms with Crippen LogP contribution in [0.5, 0.6) is 0 Å². The van der Waals surface area contributed by atoms with Crippen molar-refractivity contribution in [2.24, 2.45) is 0 Å². The zero-order valence-electron chi connectivity index (χ0n) is 78.5. The predicted octanol–water partition coefficient (Wildman–Crippen LogP) is 25.4. The van der Waals surface area contributed by atoms with E-state index in [-0.39, 0.29) is 136 Å². The molecule has 20 rings (SSSR count). The van der Waals surface area contributed by atoms with E-state index in [9.17, 15) is 22.8 Å². The van der Waals surface area contributed by atoms with Crippen molar-refractivity contribution >= 4 is 71.0 Å². The molecule has 0 amide bonds. The number of aryl methyl sites for hydroxylation is 3. The molecule has 1 aliphatic rings. The van der Waals surface area contributed by atoms with E-state index in [0.29, 0.717) is 0 Å². The zero-order chi connectivity index (χ0) is 96.6. The Morgan fingerprint density at radius 2 is 0.718 bits per heavy atom. The number of nitrogens with zero attached hydrogens (tertiary/aromatic N) is 12. The standard InChI is InChI=1S/C20H17N2.C20H13N2.2C13H13P.C11H8N.C10H8N2.C9H6F3N4.C9H6NS.2C5H8O2.3Ir.Os.Pt/c2*1-3-9-15(10-4-1)19-20(16-11-5-2-6-12-16)22-18-14-8-7-13-17(18)21-19;2*1-14(12-8-4-2-5-9-12)13-10-6-3-7-11-13;1-2-6-10(7-3-1)11-8-4-5-9-12-11;1-3-7-11-9(5-1)10-6-2-4-8-12-10;1-5-2-3-13-6(4-5)7-14-8(16-15-7)9(10,11)12;1-2-6-10-8(4-1)9-5-3-7-11-9;2*1-4(6)3-5(2)7;;;;;/h1-6,9-11H,7-8,13-14H2;1-11,13-14H;2*2-11H,1H3;1-6,8-9H;1-8H;2-4H,1H3;1-4,6-7H;2*3,6H,1-2H3;;;;;/q2*-1;;;-1;;2*-1;;;;;;+1;/p+2. The first-order valence-electron chi connectivity index (χ1n) is 44.0. The maximum absolute atomic E-state index is 12.2. The Kier molecular flexibility index (Phi) is 54.0. The van der Waals surface area contributed by atoms with E-state index in [1.807, 2.05) is 200 Å². The molecule has 9 aromatic heterocycles. The van der Waals surface area contributed by atoms with Crippen LogP contribution in [0.4, 0.5) is 13.2 Å². The van der Waals surface area contributed by atoms with Crippen molar-refractivity contribution in [3.05, 3.63) is 477 Å². The van der Waals surface area contributed by atoms with Crippen LogP contribution in [0.25, 0.3) is 101 Å². The number of hydrogen-bond acceptors (Lipinski definition) is 16. The minimum absolute atomic E-state index is 0. The van der Waals surface area contributed by atoms with Crippen molar-refractivity contribution < 1.29 is 134 Å². The monoisotopic (exact) mass is 2830 g/mol. The number of benzene rings is 10. The summed E-state index contributed by atoms with van der Waals surface area (Å²) in [5, 5.41) is 31.0. The Balaban J connectivity index is 0.000000245. The molecule has 27 heteroatoms. The number of alkyl halides is 3. The number of thiophene rings is 1. The molecule has 9 heterocycles. The number of rotatable bonds is 14. The maximum atomic E-state index is 12.2. The quantitative estimate of drug-likeness (QED) is 0.0446. The molecule has 0 atom stereocenters. The molecule has 0 saturated heterocycles. The molecule has 2 N–H and O–H groups in total. The topological polar surface area (TPSA) is 230 Å². The number of carbonyl (C=O) groups is 2. The zero-order valence-corrected chi connectivity index (χ0v) is 93.3. The molecule has 19 aromatic rings. The number of fused-ring (bicyclic) bond motifs is 2. The Labute approximate surface area is 903 Å². The Morgan fingerprint density at radius 1 is 0.380 bits per heavy atom. The summed E-state index contributed by atoms with van der Waals surface area (Å²) in [5.74, 6) is -1.48. The summed E-state index contributed by atoms with van der Waals surface area (Å²) in [5.41, 5.74) is 18.0. The van der Waals surface area contributed by atoms with Crippen LogP contribution in [0, 0.1) is 31.2 Å². The Morgan fingerprint density at radius 3 is 1.06 bits per heavy atom. The average molecular weight is 2830 g/mol. The van der Waals surface area contributed by atoms with E-state index >= 15 is 0 Å². The van der Waals surface area contributed by atoms with Crippen LogP contribution in [0.3, 0.4) is 0 Å². The van der Waals surface area contributed by atoms with Gasteiger partial charge in [-0.15, -0.1) is 113 Å². The molecule has 730 valence electrons. The van der Waals surface area contributed by atoms with Crippen molar-refractivity contribution in [2.45, 2.75) is 66.5 Å². The van der Waals surface area contributed by atoms with Crippen LogP contribution in [-0.4, -0.2) is 90.0 Å². The van der Waals surface area contributed by atoms with Gasteiger partial charge in [0.25, 0.3) is 0 Å². The van der Waals surface area contributed by atoms with Gasteiger partial charge in [-0.25, -0.2) is 11.3 Å². The third-order valence-corrected chi connectivity index (χ3v) is 25.5. The van der Waals surface area contributed by atoms with Crippen molar-refractivity contribution in [2.75, 3.05) is 13.3 Å². The number of allylic oxidation sites excluding steroid dienone is 4. The molecule has 1 aliphatic carbocycles. The van der Waals surface area contributed by atoms with Gasteiger partial charge in [-0.05, 0) is 203 Å². The van der Waals surface area contributed by atoms with Crippen LogP contribution in [-0.2, 0) is 130 Å². The van der Waals surface area contributed by atoms with Gasteiger partial charge in [-0.3, -0.25) is 49.6 Å². The molecule has 0 saturated carbocycles. The number of ketones is 2. The van der Waals surface area contributed by atoms with Gasteiger partial charge in [0, 0.05) is 136 Å². The van der Waals surface area contributed by atoms with E-state index in [4.69, 9.17) is 30.1 Å². The van der Waals surface area contributed by atoms with Gasteiger partial charge >= 0.3 is 26.0 Å². The number of carbonyl (C=O) groups excluding carboxylic acids is 2. The second kappa shape index (κ2) is 64.9. The van der Waals surface area contributed by atoms with Crippen molar-refractivity contribution in [1.29, 1.82) is 0 Å². The van der Waals surface area contributed by atoms with Crippen LogP contribution in [0.1, 0.15) is 63.3 Å². The van der Waals surface area contributed by atoms with Crippen molar-refractivity contribution in [1.82, 2.24) is 60.0 Å². The predicted molar refractivity (Wildman–Crippen MR) is 555 cm³/mol. The minimum atomic E-state index is -4.57. The molecule has 0 spiro atoms. The number of aliphatic hydroxyl groups excluding tert-OH is 2. The first kappa shape index (κ1) is 118. The minimum Gasteiger partial charge on any atom is -0.512 e. The molecule has 0 bridgehead atoms. The third-order valence-electron chi connectivity index (χ3n) is 19.8. The summed E-state index contributed by atoms with van der Waals surface area (Å²) >= 11 is 1.66. The summed E-state index contributed by atoms with van der Waals surface area (Å²) in [4.78, 5) is 64.7. The summed E-state index contributed by atoms with van der Waals surface area (Å²) in [6.45, 7) is 12.2. The van der Waals surface area contributed by atoms with Gasteiger partial charge in [0.15, 0.2) is 11.6 Å². The maximum Gasteiger partial charge on any atom is 1.00 e. The number of aromatic nitrogens is 12. The number of para-hydroxylation sites is 2. The SMILES string of the molecule is CC(=O)C=C(C)O.CC(=O)C=C(C)O.C[PH+](c1ccccc1)c1ccccc1.C[PH+](c1ccccc1)c1ccccc1.Cc1ccnc(-c2nc(C(F)(F)F)n[n-]2)c1.[Ir].[Ir].[Ir].[Os+].[Pt].[c-]1ccccc1-c1ccccn1.[c-]1ccccc1-c1nc2c(nc1-c1ccccc1)CCCC2.[c-]1ccccc1-c1nc2ccccc2nc1-c1ccccc1.[c-]1ccsc1-c1ccccn1.c1ccc(-c2ccccn2)nc1. The van der Waals surface area contributed by atoms with E-state index in [0.717, 1.165) is 113 Å². The molecular weight excluding hydrogens is 2730 g/mol. The van der Waals surface area contributed by atoms with Gasteiger partial charge in [0.1, 0.15) is 5.82 Å². The normalized spacial score (nSPS) is 10.7. The molecule has 10 aromatic carbocycles. The van der Waals surface area contributed by atoms with Gasteiger partial charge in [-0.1, -0.05) is 187 Å². The van der Waals surface area contributed by atoms with E-state index < -0.39 is 27.8 Å². The van der Waals surface area contributed by atoms with Crippen molar-refractivity contribution in [3.8, 4) is 89.8 Å². The smallest absolute Gasteiger partial charge is 0.512 e. The number of hydrogen-bond donors (Lipinski definition) is 2. The van der Waals surface area contributed by atoms with Crippen LogP contribution < -0.4 is 26.3 Å². The van der Waals surface area contributed by atoms with Crippen molar-refractivity contribution in [3.63, 3.8) is 0 Å². The second-order valence-electron chi connectivity index (χ2n) is 30.4. The van der Waals surface area contributed by atoms with Crippen LogP contribution >= 0.6 is 27.2 Å². The summed E-state index contributed by atoms with van der Waals surface area (Å²) in [6.07, 6.45) is 10.9. The molecule has 0 aliphatic heterocycles. The number of halogens is 3. The van der Waals surface area contributed by atoms with Crippen LogP contribution in [0.2, 0.25) is 0 Å².